The molecule has 0 aliphatic heterocycles. The smallest absolute Gasteiger partial charge is 0.242 e. The predicted molar refractivity (Wildman–Crippen MR) is 65.2 cm³/mol. The molecule has 2 rings (SSSR count). The standard InChI is InChI=1S/C14H13F2NO/c1-10-2-7-14(17-9-10)18-12-5-3-11(4-6-12)8-13(15)16/h2-7,9,13H,8H2,1H3. The molecule has 0 unspecified atom stereocenters. The molecule has 18 heavy (non-hydrogen) atoms. The Morgan fingerprint density at radius 1 is 1.11 bits per heavy atom. The van der Waals surface area contributed by atoms with Gasteiger partial charge in [0.25, 0.3) is 0 Å². The Labute approximate surface area is 104 Å². The van der Waals surface area contributed by atoms with Crippen molar-refractivity contribution < 1.29 is 13.5 Å². The molecule has 0 atom stereocenters. The third-order valence-electron chi connectivity index (χ3n) is 2.42. The van der Waals surface area contributed by atoms with E-state index in [-0.39, 0.29) is 6.42 Å². The molecular formula is C14H13F2NO. The van der Waals surface area contributed by atoms with Gasteiger partial charge in [-0.1, -0.05) is 18.2 Å². The molecule has 2 nitrogen and oxygen atoms in total. The van der Waals surface area contributed by atoms with Gasteiger partial charge in [0.15, 0.2) is 0 Å². The molecule has 0 saturated carbocycles. The van der Waals surface area contributed by atoms with Crippen LogP contribution < -0.4 is 4.74 Å². The monoisotopic (exact) mass is 249 g/mol. The first-order chi connectivity index (χ1) is 8.63. The van der Waals surface area contributed by atoms with Crippen molar-refractivity contribution in [2.75, 3.05) is 0 Å². The summed E-state index contributed by atoms with van der Waals surface area (Å²) in [4.78, 5) is 4.10. The van der Waals surface area contributed by atoms with Crippen molar-refractivity contribution in [3.8, 4) is 11.6 Å². The maximum absolute atomic E-state index is 12.2. The summed E-state index contributed by atoms with van der Waals surface area (Å²) in [5.41, 5.74) is 1.64. The van der Waals surface area contributed by atoms with Crippen LogP contribution in [0.25, 0.3) is 0 Å². The van der Waals surface area contributed by atoms with Crippen molar-refractivity contribution in [1.82, 2.24) is 4.98 Å². The van der Waals surface area contributed by atoms with Crippen molar-refractivity contribution in [2.45, 2.75) is 19.8 Å². The van der Waals surface area contributed by atoms with Gasteiger partial charge in [-0.3, -0.25) is 0 Å². The fraction of sp³-hybridized carbons (Fsp3) is 0.214. The average Bonchev–Trinajstić information content (AvgIpc) is 2.34. The van der Waals surface area contributed by atoms with Gasteiger partial charge in [0.1, 0.15) is 5.75 Å². The van der Waals surface area contributed by atoms with E-state index < -0.39 is 6.43 Å². The van der Waals surface area contributed by atoms with Gasteiger partial charge in [-0.2, -0.15) is 0 Å². The molecule has 4 heteroatoms. The van der Waals surface area contributed by atoms with E-state index in [0.29, 0.717) is 17.2 Å². The Morgan fingerprint density at radius 3 is 2.39 bits per heavy atom. The zero-order valence-electron chi connectivity index (χ0n) is 9.94. The number of pyridine rings is 1. The van der Waals surface area contributed by atoms with E-state index in [0.717, 1.165) is 5.56 Å². The molecule has 1 aromatic carbocycles. The van der Waals surface area contributed by atoms with Gasteiger partial charge in [0.05, 0.1) is 0 Å². The second-order valence-electron chi connectivity index (χ2n) is 4.02. The minimum absolute atomic E-state index is 0.233. The minimum atomic E-state index is -2.32. The number of halogens is 2. The second-order valence-corrected chi connectivity index (χ2v) is 4.02. The Kier molecular flexibility index (Phi) is 3.87. The summed E-state index contributed by atoms with van der Waals surface area (Å²) >= 11 is 0. The SMILES string of the molecule is Cc1ccc(Oc2ccc(CC(F)F)cc2)nc1. The van der Waals surface area contributed by atoms with E-state index in [1.165, 1.54) is 0 Å². The number of aryl methyl sites for hydroxylation is 1. The van der Waals surface area contributed by atoms with Gasteiger partial charge >= 0.3 is 0 Å². The lowest BCUT2D eigenvalue weighted by molar-refractivity contribution is 0.149. The zero-order chi connectivity index (χ0) is 13.0. The number of rotatable bonds is 4. The number of alkyl halides is 2. The van der Waals surface area contributed by atoms with Crippen LogP contribution in [-0.2, 0) is 6.42 Å². The lowest BCUT2D eigenvalue weighted by atomic mass is 10.1. The average molecular weight is 249 g/mol. The topological polar surface area (TPSA) is 22.1 Å². The second kappa shape index (κ2) is 5.58. The normalized spacial score (nSPS) is 10.7. The molecule has 1 heterocycles. The van der Waals surface area contributed by atoms with Crippen LogP contribution in [0.1, 0.15) is 11.1 Å². The zero-order valence-corrected chi connectivity index (χ0v) is 9.94. The first-order valence-electron chi connectivity index (χ1n) is 5.61. The summed E-state index contributed by atoms with van der Waals surface area (Å²) in [6, 6.07) is 10.3. The van der Waals surface area contributed by atoms with Crippen molar-refractivity contribution in [1.29, 1.82) is 0 Å². The summed E-state index contributed by atoms with van der Waals surface area (Å²) in [6.45, 7) is 1.94. The van der Waals surface area contributed by atoms with Crippen molar-refractivity contribution in [3.05, 3.63) is 53.7 Å². The summed E-state index contributed by atoms with van der Waals surface area (Å²) in [5, 5.41) is 0. The highest BCUT2D eigenvalue weighted by Gasteiger charge is 2.05. The number of hydrogen-bond donors (Lipinski definition) is 0. The molecule has 0 aliphatic rings. The summed E-state index contributed by atoms with van der Waals surface area (Å²) < 4.78 is 29.8. The highest BCUT2D eigenvalue weighted by Crippen LogP contribution is 2.20. The van der Waals surface area contributed by atoms with Gasteiger partial charge in [-0.25, -0.2) is 13.8 Å². The first kappa shape index (κ1) is 12.5. The third-order valence-corrected chi connectivity index (χ3v) is 2.42. The van der Waals surface area contributed by atoms with Gasteiger partial charge in [0, 0.05) is 18.7 Å². The number of aromatic nitrogens is 1. The summed E-state index contributed by atoms with van der Waals surface area (Å²) in [6.07, 6.45) is -0.848. The van der Waals surface area contributed by atoms with E-state index in [4.69, 9.17) is 4.74 Å². The lowest BCUT2D eigenvalue weighted by Gasteiger charge is -2.06. The van der Waals surface area contributed by atoms with Crippen molar-refractivity contribution >= 4 is 0 Å². The highest BCUT2D eigenvalue weighted by atomic mass is 19.3. The van der Waals surface area contributed by atoms with Gasteiger partial charge in [-0.05, 0) is 30.2 Å². The summed E-state index contributed by atoms with van der Waals surface area (Å²) in [7, 11) is 0. The Morgan fingerprint density at radius 2 is 1.83 bits per heavy atom. The molecule has 0 fully saturated rings. The fourth-order valence-corrected chi connectivity index (χ4v) is 1.51. The molecule has 0 N–H and O–H groups in total. The molecule has 94 valence electrons. The van der Waals surface area contributed by atoms with Crippen LogP contribution in [0.2, 0.25) is 0 Å². The number of nitrogens with zero attached hydrogens (tertiary/aromatic N) is 1. The van der Waals surface area contributed by atoms with Crippen LogP contribution in [-0.4, -0.2) is 11.4 Å². The lowest BCUT2D eigenvalue weighted by Crippen LogP contribution is -1.96. The van der Waals surface area contributed by atoms with Crippen LogP contribution in [0.3, 0.4) is 0 Å². The van der Waals surface area contributed by atoms with E-state index in [2.05, 4.69) is 4.98 Å². The van der Waals surface area contributed by atoms with Crippen molar-refractivity contribution in [3.63, 3.8) is 0 Å². The van der Waals surface area contributed by atoms with Crippen LogP contribution in [0.15, 0.2) is 42.6 Å². The van der Waals surface area contributed by atoms with E-state index in [9.17, 15) is 8.78 Å². The van der Waals surface area contributed by atoms with Crippen LogP contribution in [0, 0.1) is 6.92 Å². The maximum atomic E-state index is 12.2. The Balaban J connectivity index is 2.04. The van der Waals surface area contributed by atoms with E-state index >= 15 is 0 Å². The minimum Gasteiger partial charge on any atom is -0.439 e. The molecular weight excluding hydrogens is 236 g/mol. The molecule has 2 aromatic rings. The highest BCUT2D eigenvalue weighted by molar-refractivity contribution is 5.31. The van der Waals surface area contributed by atoms with Gasteiger partial charge < -0.3 is 4.74 Å². The van der Waals surface area contributed by atoms with Crippen LogP contribution in [0.4, 0.5) is 8.78 Å². The quantitative estimate of drug-likeness (QED) is 0.817. The molecule has 0 spiro atoms. The predicted octanol–water partition coefficient (Wildman–Crippen LogP) is 3.99. The third kappa shape index (κ3) is 3.52. The number of benzene rings is 1. The van der Waals surface area contributed by atoms with Crippen LogP contribution >= 0.6 is 0 Å². The number of ether oxygens (including phenoxy) is 1. The number of hydrogen-bond acceptors (Lipinski definition) is 2. The Hall–Kier alpha value is -1.97. The van der Waals surface area contributed by atoms with Crippen molar-refractivity contribution in [2.24, 2.45) is 0 Å². The maximum Gasteiger partial charge on any atom is 0.242 e. The van der Waals surface area contributed by atoms with Crippen LogP contribution in [0.5, 0.6) is 11.6 Å². The van der Waals surface area contributed by atoms with E-state index in [1.807, 2.05) is 13.0 Å². The Bertz CT molecular complexity index is 494. The summed E-state index contributed by atoms with van der Waals surface area (Å²) in [5.74, 6) is 1.08. The molecule has 0 amide bonds. The van der Waals surface area contributed by atoms with Gasteiger partial charge in [-0.15, -0.1) is 0 Å². The first-order valence-corrected chi connectivity index (χ1v) is 5.61. The van der Waals surface area contributed by atoms with Gasteiger partial charge in [0.2, 0.25) is 12.3 Å². The molecule has 0 bridgehead atoms. The molecule has 0 aliphatic carbocycles. The molecule has 1 aromatic heterocycles. The largest absolute Gasteiger partial charge is 0.439 e. The molecule has 0 saturated heterocycles. The molecule has 0 radical (unpaired) electrons. The fourth-order valence-electron chi connectivity index (χ4n) is 1.51. The van der Waals surface area contributed by atoms with E-state index in [1.54, 1.807) is 36.5 Å².